The maximum Gasteiger partial charge on any atom is 0.241 e. The summed E-state index contributed by atoms with van der Waals surface area (Å²) in [5, 5.41) is 2.78. The molecule has 23 heavy (non-hydrogen) atoms. The number of hydrogen-bond acceptors (Lipinski definition) is 6. The molecular weight excluding hydrogens is 347 g/mol. The summed E-state index contributed by atoms with van der Waals surface area (Å²) < 4.78 is 9.76. The van der Waals surface area contributed by atoms with Crippen molar-refractivity contribution >= 4 is 36.6 Å². The van der Waals surface area contributed by atoms with Crippen molar-refractivity contribution in [1.29, 1.82) is 0 Å². The van der Waals surface area contributed by atoms with Crippen molar-refractivity contribution in [3.05, 3.63) is 0 Å². The van der Waals surface area contributed by atoms with Crippen LogP contribution in [-0.4, -0.2) is 94.4 Å². The van der Waals surface area contributed by atoms with Crippen molar-refractivity contribution in [2.24, 2.45) is 5.73 Å². The van der Waals surface area contributed by atoms with Gasteiger partial charge in [0.15, 0.2) is 0 Å². The number of nitrogens with zero attached hydrogens (tertiary/aromatic N) is 2. The van der Waals surface area contributed by atoms with Gasteiger partial charge in [-0.2, -0.15) is 0 Å². The quantitative estimate of drug-likeness (QED) is 0.513. The average Bonchev–Trinajstić information content (AvgIpc) is 2.48. The molecule has 1 aliphatic heterocycles. The highest BCUT2D eigenvalue weighted by atomic mass is 35.5. The lowest BCUT2D eigenvalue weighted by atomic mass is 10.2. The minimum Gasteiger partial charge on any atom is -0.383 e. The predicted molar refractivity (Wildman–Crippen MR) is 92.3 cm³/mol. The van der Waals surface area contributed by atoms with E-state index < -0.39 is 6.04 Å². The van der Waals surface area contributed by atoms with E-state index in [4.69, 9.17) is 15.2 Å². The van der Waals surface area contributed by atoms with Crippen LogP contribution in [0.1, 0.15) is 0 Å². The smallest absolute Gasteiger partial charge is 0.241 e. The summed E-state index contributed by atoms with van der Waals surface area (Å²) in [6.07, 6.45) is 0. The molecule has 0 aromatic heterocycles. The molecule has 1 rings (SSSR count). The molecule has 0 aromatic rings. The lowest BCUT2D eigenvalue weighted by Crippen LogP contribution is -2.55. The molecule has 0 saturated carbocycles. The third kappa shape index (κ3) is 9.29. The second-order valence-electron chi connectivity index (χ2n) is 5.01. The number of methoxy groups -OCH3 is 2. The summed E-state index contributed by atoms with van der Waals surface area (Å²) in [6, 6.07) is -0.612. The first-order valence-corrected chi connectivity index (χ1v) is 7.09. The molecule has 0 bridgehead atoms. The van der Waals surface area contributed by atoms with Gasteiger partial charge in [-0.25, -0.2) is 0 Å². The molecular formula is C13H28Cl2N4O4. The van der Waals surface area contributed by atoms with Gasteiger partial charge >= 0.3 is 0 Å². The van der Waals surface area contributed by atoms with Gasteiger partial charge in [-0.15, -0.1) is 24.8 Å². The van der Waals surface area contributed by atoms with E-state index in [0.29, 0.717) is 45.9 Å². The van der Waals surface area contributed by atoms with Crippen LogP contribution in [0.5, 0.6) is 0 Å². The fraction of sp³-hybridized carbons (Fsp3) is 0.846. The van der Waals surface area contributed by atoms with Gasteiger partial charge in [-0.1, -0.05) is 0 Å². The average molecular weight is 375 g/mol. The van der Waals surface area contributed by atoms with Crippen molar-refractivity contribution in [3.63, 3.8) is 0 Å². The number of amides is 2. The summed E-state index contributed by atoms with van der Waals surface area (Å²) >= 11 is 0. The Hall–Kier alpha value is -0.640. The van der Waals surface area contributed by atoms with Crippen molar-refractivity contribution < 1.29 is 19.1 Å². The van der Waals surface area contributed by atoms with E-state index >= 15 is 0 Å². The molecule has 8 nitrogen and oxygen atoms in total. The Bertz CT molecular complexity index is 342. The topological polar surface area (TPSA) is 97.1 Å². The summed E-state index contributed by atoms with van der Waals surface area (Å²) in [6.45, 7) is 4.09. The summed E-state index contributed by atoms with van der Waals surface area (Å²) in [7, 11) is 3.12. The van der Waals surface area contributed by atoms with E-state index in [0.717, 1.165) is 0 Å². The summed E-state index contributed by atoms with van der Waals surface area (Å²) in [5.41, 5.74) is 5.74. The number of hydrogen-bond donors (Lipinski definition) is 2. The highest BCUT2D eigenvalue weighted by molar-refractivity contribution is 5.85. The van der Waals surface area contributed by atoms with Gasteiger partial charge < -0.3 is 25.4 Å². The Morgan fingerprint density at radius 2 is 1.74 bits per heavy atom. The number of rotatable bonds is 8. The van der Waals surface area contributed by atoms with Crippen LogP contribution in [0.3, 0.4) is 0 Å². The Morgan fingerprint density at radius 3 is 2.26 bits per heavy atom. The maximum atomic E-state index is 12.0. The van der Waals surface area contributed by atoms with E-state index in [1.807, 2.05) is 4.90 Å². The number of nitrogens with one attached hydrogen (secondary N) is 1. The summed E-state index contributed by atoms with van der Waals surface area (Å²) in [5.74, 6) is -0.121. The maximum absolute atomic E-state index is 12.0. The number of carbonyl (C=O) groups is 2. The van der Waals surface area contributed by atoms with Crippen molar-refractivity contribution in [2.45, 2.75) is 6.04 Å². The third-order valence-corrected chi connectivity index (χ3v) is 3.34. The van der Waals surface area contributed by atoms with Crippen molar-refractivity contribution in [3.8, 4) is 0 Å². The van der Waals surface area contributed by atoms with Crippen LogP contribution in [-0.2, 0) is 19.1 Å². The standard InChI is InChI=1S/C13H26N4O4.2ClH/c1-20-8-3-15-12(18)9-16-4-6-17(7-5-16)13(19)11(14)10-21-2;;/h11H,3-10,14H2,1-2H3,(H,15,18);2*1H. The molecule has 0 aromatic carbocycles. The minimum atomic E-state index is -0.612. The van der Waals surface area contributed by atoms with Crippen LogP contribution >= 0.6 is 24.8 Å². The van der Waals surface area contributed by atoms with Gasteiger partial charge in [0.25, 0.3) is 0 Å². The molecule has 1 saturated heterocycles. The molecule has 138 valence electrons. The van der Waals surface area contributed by atoms with Gasteiger partial charge in [0, 0.05) is 46.9 Å². The van der Waals surface area contributed by atoms with Gasteiger partial charge in [0.2, 0.25) is 11.8 Å². The monoisotopic (exact) mass is 374 g/mol. The largest absolute Gasteiger partial charge is 0.383 e. The van der Waals surface area contributed by atoms with Gasteiger partial charge in [0.05, 0.1) is 19.8 Å². The van der Waals surface area contributed by atoms with Crippen LogP contribution in [0.25, 0.3) is 0 Å². The lowest BCUT2D eigenvalue weighted by molar-refractivity contribution is -0.135. The molecule has 1 unspecified atom stereocenters. The molecule has 1 atom stereocenters. The van der Waals surface area contributed by atoms with Crippen LogP contribution in [0.4, 0.5) is 0 Å². The van der Waals surface area contributed by atoms with Crippen LogP contribution in [0.2, 0.25) is 0 Å². The Kier molecular flexibility index (Phi) is 14.7. The number of carbonyl (C=O) groups excluding carboxylic acids is 2. The van der Waals surface area contributed by atoms with Gasteiger partial charge in [-0.05, 0) is 0 Å². The summed E-state index contributed by atoms with van der Waals surface area (Å²) in [4.78, 5) is 27.4. The van der Waals surface area contributed by atoms with Gasteiger partial charge in [-0.3, -0.25) is 14.5 Å². The van der Waals surface area contributed by atoms with E-state index in [1.165, 1.54) is 7.11 Å². The third-order valence-electron chi connectivity index (χ3n) is 3.34. The Morgan fingerprint density at radius 1 is 1.13 bits per heavy atom. The Labute approximate surface area is 149 Å². The van der Waals surface area contributed by atoms with Crippen molar-refractivity contribution in [1.82, 2.24) is 15.1 Å². The second kappa shape index (κ2) is 13.8. The molecule has 0 aliphatic carbocycles. The van der Waals surface area contributed by atoms with E-state index in [1.54, 1.807) is 12.0 Å². The number of piperazine rings is 1. The fourth-order valence-electron chi connectivity index (χ4n) is 2.16. The van der Waals surface area contributed by atoms with Crippen LogP contribution in [0, 0.1) is 0 Å². The van der Waals surface area contributed by atoms with Crippen LogP contribution in [0.15, 0.2) is 0 Å². The molecule has 0 radical (unpaired) electrons. The van der Waals surface area contributed by atoms with E-state index in [9.17, 15) is 9.59 Å². The Balaban J connectivity index is 0. The zero-order valence-corrected chi connectivity index (χ0v) is 15.3. The SMILES string of the molecule is COCCNC(=O)CN1CCN(C(=O)C(N)COC)CC1.Cl.Cl. The predicted octanol–water partition coefficient (Wildman–Crippen LogP) is -1.29. The first-order valence-electron chi connectivity index (χ1n) is 7.09. The zero-order valence-electron chi connectivity index (χ0n) is 13.7. The molecule has 3 N–H and O–H groups in total. The second-order valence-corrected chi connectivity index (χ2v) is 5.01. The first kappa shape index (κ1) is 24.6. The molecule has 1 aliphatic rings. The highest BCUT2D eigenvalue weighted by Gasteiger charge is 2.25. The first-order chi connectivity index (χ1) is 10.1. The lowest BCUT2D eigenvalue weighted by Gasteiger charge is -2.35. The number of nitrogens with two attached hydrogens (primary N) is 1. The highest BCUT2D eigenvalue weighted by Crippen LogP contribution is 2.03. The molecule has 0 spiro atoms. The molecule has 10 heteroatoms. The molecule has 1 heterocycles. The van der Waals surface area contributed by atoms with Crippen LogP contribution < -0.4 is 11.1 Å². The van der Waals surface area contributed by atoms with E-state index in [2.05, 4.69) is 5.32 Å². The molecule has 2 amide bonds. The van der Waals surface area contributed by atoms with E-state index in [-0.39, 0.29) is 43.2 Å². The molecule has 1 fully saturated rings. The fourth-order valence-corrected chi connectivity index (χ4v) is 2.16. The number of halogens is 2. The van der Waals surface area contributed by atoms with Gasteiger partial charge in [0.1, 0.15) is 6.04 Å². The normalized spacial score (nSPS) is 16.0. The number of ether oxygens (including phenoxy) is 2. The van der Waals surface area contributed by atoms with Crippen molar-refractivity contribution in [2.75, 3.05) is 66.7 Å². The minimum absolute atomic E-state index is 0. The zero-order chi connectivity index (χ0) is 15.7.